The lowest BCUT2D eigenvalue weighted by molar-refractivity contribution is 0.628. The van der Waals surface area contributed by atoms with Crippen molar-refractivity contribution in [3.8, 4) is 0 Å². The van der Waals surface area contributed by atoms with E-state index in [-0.39, 0.29) is 10.8 Å². The fraction of sp³-hybridized carbons (Fsp3) is 0.0769. The van der Waals surface area contributed by atoms with Crippen molar-refractivity contribution >= 4 is 21.8 Å². The van der Waals surface area contributed by atoms with Crippen molar-refractivity contribution in [1.29, 1.82) is 0 Å². The van der Waals surface area contributed by atoms with Crippen molar-refractivity contribution < 1.29 is 14.3 Å². The summed E-state index contributed by atoms with van der Waals surface area (Å²) < 4.78 is 59.5. The van der Waals surface area contributed by atoms with Crippen LogP contribution in [0.5, 0.6) is 0 Å². The summed E-state index contributed by atoms with van der Waals surface area (Å²) in [5.74, 6) is -2.00. The number of fused-ring (bicyclic) bond motifs is 3. The monoisotopic (exact) mass is 221 g/mol. The van der Waals surface area contributed by atoms with Gasteiger partial charge in [0.1, 0.15) is 11.6 Å². The van der Waals surface area contributed by atoms with Gasteiger partial charge >= 0.3 is 0 Å². The molecule has 0 spiro atoms. The first kappa shape index (κ1) is 5.99. The molecule has 0 bridgehead atoms. The Morgan fingerprint density at radius 1 is 1.00 bits per heavy atom. The van der Waals surface area contributed by atoms with Crippen LogP contribution in [-0.4, -0.2) is 4.57 Å². The fourth-order valence-electron chi connectivity index (χ4n) is 1.87. The lowest BCUT2D eigenvalue weighted by Crippen LogP contribution is -1.86. The minimum atomic E-state index is -1.00. The second kappa shape index (κ2) is 3.04. The van der Waals surface area contributed by atoms with Gasteiger partial charge in [-0.05, 0) is 36.3 Å². The molecule has 1 heterocycles. The number of hydrogen-bond donors (Lipinski definition) is 0. The van der Waals surface area contributed by atoms with Gasteiger partial charge in [0.2, 0.25) is 0 Å². The second-order valence-corrected chi connectivity index (χ2v) is 3.53. The standard InChI is InChI=1S/C13H9F2N/c1-16-12-4-2-8(14)6-10(12)11-7-9(15)3-5-13(11)16/h2-7H,1H3/i2D,3D,6D,7D. The van der Waals surface area contributed by atoms with Crippen LogP contribution in [0.4, 0.5) is 8.78 Å². The van der Waals surface area contributed by atoms with E-state index in [9.17, 15) is 8.78 Å². The molecule has 0 aliphatic heterocycles. The molecular formula is C13H9F2N. The van der Waals surface area contributed by atoms with Crippen molar-refractivity contribution in [2.45, 2.75) is 0 Å². The first-order chi connectivity index (χ1) is 9.34. The van der Waals surface area contributed by atoms with Gasteiger partial charge in [-0.25, -0.2) is 8.78 Å². The van der Waals surface area contributed by atoms with E-state index in [1.54, 1.807) is 7.05 Å². The molecule has 0 aliphatic rings. The van der Waals surface area contributed by atoms with E-state index in [2.05, 4.69) is 0 Å². The van der Waals surface area contributed by atoms with E-state index in [4.69, 9.17) is 5.48 Å². The highest BCUT2D eigenvalue weighted by Crippen LogP contribution is 2.28. The Kier molecular flexibility index (Phi) is 1.14. The highest BCUT2D eigenvalue weighted by Gasteiger charge is 2.09. The van der Waals surface area contributed by atoms with Gasteiger partial charge in [-0.15, -0.1) is 0 Å². The zero-order valence-electron chi connectivity index (χ0n) is 12.4. The van der Waals surface area contributed by atoms with Crippen LogP contribution in [0, 0.1) is 11.6 Å². The zero-order chi connectivity index (χ0) is 14.8. The van der Waals surface area contributed by atoms with Crippen molar-refractivity contribution in [3.05, 3.63) is 47.9 Å². The number of hydrogen-bond acceptors (Lipinski definition) is 0. The van der Waals surface area contributed by atoms with Gasteiger partial charge in [0.05, 0.1) is 5.48 Å². The molecule has 80 valence electrons. The predicted molar refractivity (Wildman–Crippen MR) is 60.3 cm³/mol. The van der Waals surface area contributed by atoms with E-state index in [1.807, 2.05) is 0 Å². The Bertz CT molecular complexity index is 815. The topological polar surface area (TPSA) is 4.93 Å². The summed E-state index contributed by atoms with van der Waals surface area (Å²) in [4.78, 5) is 0. The fourth-order valence-corrected chi connectivity index (χ4v) is 1.87. The number of rotatable bonds is 0. The van der Waals surface area contributed by atoms with Crippen LogP contribution in [0.15, 0.2) is 36.3 Å². The molecular weight excluding hydrogens is 208 g/mol. The Hall–Kier alpha value is -1.90. The van der Waals surface area contributed by atoms with E-state index in [1.165, 1.54) is 16.7 Å². The van der Waals surface area contributed by atoms with Gasteiger partial charge in [-0.1, -0.05) is 0 Å². The number of aryl methyl sites for hydroxylation is 1. The maximum absolute atomic E-state index is 13.7. The van der Waals surface area contributed by atoms with Crippen molar-refractivity contribution in [3.63, 3.8) is 0 Å². The van der Waals surface area contributed by atoms with Crippen LogP contribution in [-0.2, 0) is 7.05 Å². The number of halogens is 2. The van der Waals surface area contributed by atoms with Crippen LogP contribution >= 0.6 is 0 Å². The Morgan fingerprint density at radius 2 is 1.44 bits per heavy atom. The highest BCUT2D eigenvalue weighted by atomic mass is 19.1. The molecule has 0 atom stereocenters. The van der Waals surface area contributed by atoms with Crippen LogP contribution < -0.4 is 0 Å². The summed E-state index contributed by atoms with van der Waals surface area (Å²) in [7, 11) is 1.61. The van der Waals surface area contributed by atoms with Crippen molar-refractivity contribution in [2.75, 3.05) is 0 Å². The van der Waals surface area contributed by atoms with Gasteiger partial charge in [-0.2, -0.15) is 0 Å². The summed E-state index contributed by atoms with van der Waals surface area (Å²) in [5.41, 5.74) is 0.741. The Morgan fingerprint density at radius 3 is 1.88 bits per heavy atom. The minimum absolute atomic E-state index is 0.0971. The molecule has 0 N–H and O–H groups in total. The molecule has 3 heteroatoms. The van der Waals surface area contributed by atoms with Gasteiger partial charge in [0.15, 0.2) is 0 Å². The molecule has 0 aliphatic carbocycles. The molecule has 3 aromatic rings. The first-order valence-corrected chi connectivity index (χ1v) is 4.68. The highest BCUT2D eigenvalue weighted by molar-refractivity contribution is 6.07. The molecule has 0 radical (unpaired) electrons. The Labute approximate surface area is 96.5 Å². The summed E-state index contributed by atoms with van der Waals surface area (Å²) in [6.07, 6.45) is 0. The smallest absolute Gasteiger partial charge is 0.123 e. The third-order valence-corrected chi connectivity index (χ3v) is 2.63. The first-order valence-electron chi connectivity index (χ1n) is 6.68. The molecule has 0 fully saturated rings. The van der Waals surface area contributed by atoms with E-state index in [0.717, 1.165) is 0 Å². The summed E-state index contributed by atoms with van der Waals surface area (Å²) in [6.45, 7) is 0. The average Bonchev–Trinajstić information content (AvgIpc) is 2.68. The maximum Gasteiger partial charge on any atom is 0.123 e. The molecule has 3 rings (SSSR count). The van der Waals surface area contributed by atoms with Gasteiger partial charge in [0, 0.05) is 28.9 Å². The molecule has 0 amide bonds. The predicted octanol–water partition coefficient (Wildman–Crippen LogP) is 3.61. The van der Waals surface area contributed by atoms with Crippen LogP contribution in [0.25, 0.3) is 21.8 Å². The van der Waals surface area contributed by atoms with Gasteiger partial charge < -0.3 is 4.57 Å². The van der Waals surface area contributed by atoms with Crippen molar-refractivity contribution in [1.82, 2.24) is 4.57 Å². The third-order valence-electron chi connectivity index (χ3n) is 2.63. The summed E-state index contributed by atoms with van der Waals surface area (Å²) >= 11 is 0. The number of benzene rings is 2. The second-order valence-electron chi connectivity index (χ2n) is 3.53. The lowest BCUT2D eigenvalue weighted by Gasteiger charge is -1.96. The molecule has 0 unspecified atom stereocenters. The normalized spacial score (nSPS) is 14.9. The molecule has 16 heavy (non-hydrogen) atoms. The average molecular weight is 221 g/mol. The van der Waals surface area contributed by atoms with E-state index >= 15 is 0 Å². The van der Waals surface area contributed by atoms with Crippen LogP contribution in [0.2, 0.25) is 0 Å². The third kappa shape index (κ3) is 1.14. The SMILES string of the molecule is [2H]c1cc2c(c([2H])c1F)c1c([2H])c(F)c([2H])cc1n2C. The summed E-state index contributed by atoms with van der Waals surface area (Å²) in [5, 5.41) is 0.194. The molecule has 1 aromatic heterocycles. The summed E-state index contributed by atoms with van der Waals surface area (Å²) in [6, 6.07) is 0.582. The van der Waals surface area contributed by atoms with Gasteiger partial charge in [-0.3, -0.25) is 0 Å². The quantitative estimate of drug-likeness (QED) is 0.546. The van der Waals surface area contributed by atoms with Gasteiger partial charge in [0.25, 0.3) is 0 Å². The molecule has 0 saturated heterocycles. The minimum Gasteiger partial charge on any atom is -0.344 e. The number of nitrogens with zero attached hydrogens (tertiary/aromatic N) is 1. The molecule has 1 nitrogen and oxygen atoms in total. The molecule has 0 saturated carbocycles. The lowest BCUT2D eigenvalue weighted by atomic mass is 10.1. The molecule has 2 aromatic carbocycles. The van der Waals surface area contributed by atoms with Crippen LogP contribution in [0.1, 0.15) is 5.48 Å². The number of aromatic nitrogens is 1. The van der Waals surface area contributed by atoms with E-state index < -0.39 is 35.8 Å². The Balaban J connectivity index is 2.71. The van der Waals surface area contributed by atoms with Crippen LogP contribution in [0.3, 0.4) is 0 Å². The zero-order valence-corrected chi connectivity index (χ0v) is 8.36. The maximum atomic E-state index is 13.7. The van der Waals surface area contributed by atoms with E-state index in [0.29, 0.717) is 11.0 Å². The largest absolute Gasteiger partial charge is 0.344 e. The van der Waals surface area contributed by atoms with Crippen molar-refractivity contribution in [2.24, 2.45) is 7.05 Å².